The van der Waals surface area contributed by atoms with Crippen LogP contribution in [0.15, 0.2) is 45.9 Å². The highest BCUT2D eigenvalue weighted by Gasteiger charge is 2.27. The van der Waals surface area contributed by atoms with Gasteiger partial charge in [0.1, 0.15) is 4.90 Å². The summed E-state index contributed by atoms with van der Waals surface area (Å²) in [6.07, 6.45) is 1.42. The number of primary sulfonamides is 1. The highest BCUT2D eigenvalue weighted by Crippen LogP contribution is 2.29. The van der Waals surface area contributed by atoms with Crippen LogP contribution in [0, 0.1) is 10.1 Å². The standard InChI is InChI=1S/C15H16N4O6S/c16-26(23,24)14-10-11(19(21)22)3-4-12(14)17-5-7-18(8-6-17)15(20)13-2-1-9-25-13/h1-4,9-10H,5-8H2,(H2,16,23,24). The Kier molecular flexibility index (Phi) is 4.66. The molecule has 1 aromatic heterocycles. The van der Waals surface area contributed by atoms with Crippen LogP contribution in [0.3, 0.4) is 0 Å². The number of benzene rings is 1. The molecule has 1 aliphatic rings. The molecule has 2 N–H and O–H groups in total. The molecular formula is C15H16N4O6S. The summed E-state index contributed by atoms with van der Waals surface area (Å²) >= 11 is 0. The summed E-state index contributed by atoms with van der Waals surface area (Å²) in [5.74, 6) is -0.0102. The molecule has 3 rings (SSSR count). The molecule has 1 fully saturated rings. The second kappa shape index (κ2) is 6.77. The van der Waals surface area contributed by atoms with E-state index in [1.54, 1.807) is 21.9 Å². The Morgan fingerprint density at radius 1 is 1.19 bits per heavy atom. The predicted octanol–water partition coefficient (Wildman–Crippen LogP) is 0.798. The molecule has 10 nitrogen and oxygen atoms in total. The first-order valence-electron chi connectivity index (χ1n) is 7.66. The van der Waals surface area contributed by atoms with Crippen molar-refractivity contribution in [1.82, 2.24) is 4.90 Å². The second-order valence-corrected chi connectivity index (χ2v) is 7.24. The number of hydrogen-bond acceptors (Lipinski definition) is 7. The van der Waals surface area contributed by atoms with E-state index in [4.69, 9.17) is 9.56 Å². The van der Waals surface area contributed by atoms with E-state index in [1.807, 2.05) is 0 Å². The van der Waals surface area contributed by atoms with E-state index in [1.165, 1.54) is 18.4 Å². The Hall–Kier alpha value is -2.92. The number of furan rings is 1. The molecule has 0 spiro atoms. The molecule has 1 saturated heterocycles. The number of carbonyl (C=O) groups is 1. The Morgan fingerprint density at radius 2 is 1.88 bits per heavy atom. The fourth-order valence-corrected chi connectivity index (χ4v) is 3.59. The first kappa shape index (κ1) is 17.9. The van der Waals surface area contributed by atoms with Crippen molar-refractivity contribution in [3.8, 4) is 0 Å². The Bertz CT molecular complexity index is 933. The Balaban J connectivity index is 1.81. The van der Waals surface area contributed by atoms with Crippen LogP contribution in [-0.2, 0) is 10.0 Å². The number of rotatable bonds is 4. The molecule has 0 aliphatic carbocycles. The summed E-state index contributed by atoms with van der Waals surface area (Å²) in [7, 11) is -4.15. The maximum Gasteiger partial charge on any atom is 0.289 e. The van der Waals surface area contributed by atoms with E-state index in [9.17, 15) is 23.3 Å². The average molecular weight is 380 g/mol. The Labute approximate surface area is 149 Å². The van der Waals surface area contributed by atoms with Gasteiger partial charge < -0.3 is 14.2 Å². The number of carbonyl (C=O) groups excluding carboxylic acids is 1. The van der Waals surface area contributed by atoms with E-state index >= 15 is 0 Å². The molecule has 0 atom stereocenters. The predicted molar refractivity (Wildman–Crippen MR) is 91.3 cm³/mol. The summed E-state index contributed by atoms with van der Waals surface area (Å²) in [5, 5.41) is 16.1. The lowest BCUT2D eigenvalue weighted by Gasteiger charge is -2.36. The number of non-ortho nitro benzene ring substituents is 1. The van der Waals surface area contributed by atoms with E-state index in [0.29, 0.717) is 26.2 Å². The lowest BCUT2D eigenvalue weighted by molar-refractivity contribution is -0.385. The molecule has 0 bridgehead atoms. The molecule has 11 heteroatoms. The SMILES string of the molecule is NS(=O)(=O)c1cc([N+](=O)[O-])ccc1N1CCN(C(=O)c2ccco2)CC1. The fourth-order valence-electron chi connectivity index (χ4n) is 2.81. The van der Waals surface area contributed by atoms with Gasteiger partial charge in [0.05, 0.1) is 16.9 Å². The van der Waals surface area contributed by atoms with Crippen LogP contribution in [0.4, 0.5) is 11.4 Å². The van der Waals surface area contributed by atoms with Crippen molar-refractivity contribution < 1.29 is 22.6 Å². The zero-order valence-electron chi connectivity index (χ0n) is 13.6. The van der Waals surface area contributed by atoms with E-state index < -0.39 is 14.9 Å². The number of piperazine rings is 1. The zero-order chi connectivity index (χ0) is 18.9. The van der Waals surface area contributed by atoms with Crippen molar-refractivity contribution in [2.24, 2.45) is 5.14 Å². The minimum atomic E-state index is -4.15. The van der Waals surface area contributed by atoms with Gasteiger partial charge in [0, 0.05) is 38.3 Å². The van der Waals surface area contributed by atoms with Crippen LogP contribution in [-0.4, -0.2) is 50.3 Å². The maximum absolute atomic E-state index is 12.3. The van der Waals surface area contributed by atoms with Crippen molar-refractivity contribution in [3.05, 3.63) is 52.5 Å². The molecule has 26 heavy (non-hydrogen) atoms. The molecule has 2 aromatic rings. The van der Waals surface area contributed by atoms with Gasteiger partial charge in [-0.05, 0) is 18.2 Å². The Morgan fingerprint density at radius 3 is 2.42 bits per heavy atom. The number of sulfonamides is 1. The van der Waals surface area contributed by atoms with Gasteiger partial charge in [-0.3, -0.25) is 14.9 Å². The van der Waals surface area contributed by atoms with E-state index in [0.717, 1.165) is 6.07 Å². The molecule has 138 valence electrons. The van der Waals surface area contributed by atoms with Crippen molar-refractivity contribution in [1.29, 1.82) is 0 Å². The summed E-state index contributed by atoms with van der Waals surface area (Å²) in [6.45, 7) is 1.40. The number of amides is 1. The van der Waals surface area contributed by atoms with Gasteiger partial charge in [-0.25, -0.2) is 13.6 Å². The van der Waals surface area contributed by atoms with Gasteiger partial charge in [0.15, 0.2) is 5.76 Å². The first-order chi connectivity index (χ1) is 12.3. The normalized spacial score (nSPS) is 15.1. The third-order valence-corrected chi connectivity index (χ3v) is 5.04. The average Bonchev–Trinajstić information content (AvgIpc) is 3.14. The molecule has 0 saturated carbocycles. The third kappa shape index (κ3) is 3.53. The van der Waals surface area contributed by atoms with Crippen molar-refractivity contribution in [2.75, 3.05) is 31.1 Å². The third-order valence-electron chi connectivity index (χ3n) is 4.10. The first-order valence-corrected chi connectivity index (χ1v) is 9.21. The smallest absolute Gasteiger partial charge is 0.289 e. The van der Waals surface area contributed by atoms with E-state index in [2.05, 4.69) is 0 Å². The number of nitrogens with two attached hydrogens (primary N) is 1. The summed E-state index contributed by atoms with van der Waals surface area (Å²) in [4.78, 5) is 25.5. The topological polar surface area (TPSA) is 140 Å². The number of anilines is 1. The molecule has 2 heterocycles. The van der Waals surface area contributed by atoms with Crippen molar-refractivity contribution in [2.45, 2.75) is 4.90 Å². The summed E-state index contributed by atoms with van der Waals surface area (Å²) in [5.41, 5.74) is -0.0763. The number of nitro groups is 1. The molecule has 0 unspecified atom stereocenters. The summed E-state index contributed by atoms with van der Waals surface area (Å²) < 4.78 is 28.8. The fraction of sp³-hybridized carbons (Fsp3) is 0.267. The zero-order valence-corrected chi connectivity index (χ0v) is 14.4. The van der Waals surface area contributed by atoms with Gasteiger partial charge in [-0.15, -0.1) is 0 Å². The molecule has 1 aliphatic heterocycles. The quantitative estimate of drug-likeness (QED) is 0.611. The van der Waals surface area contributed by atoms with Gasteiger partial charge in [0.2, 0.25) is 10.0 Å². The molecule has 0 radical (unpaired) electrons. The minimum absolute atomic E-state index is 0.235. The summed E-state index contributed by atoms with van der Waals surface area (Å²) in [6, 6.07) is 6.74. The second-order valence-electron chi connectivity index (χ2n) is 5.71. The maximum atomic E-state index is 12.3. The molecule has 1 aromatic carbocycles. The monoisotopic (exact) mass is 380 g/mol. The van der Waals surface area contributed by atoms with Gasteiger partial charge in [-0.2, -0.15) is 0 Å². The van der Waals surface area contributed by atoms with Gasteiger partial charge in [-0.1, -0.05) is 0 Å². The largest absolute Gasteiger partial charge is 0.459 e. The molecular weight excluding hydrogens is 364 g/mol. The van der Waals surface area contributed by atoms with Crippen molar-refractivity contribution in [3.63, 3.8) is 0 Å². The number of hydrogen-bond donors (Lipinski definition) is 1. The van der Waals surface area contributed by atoms with E-state index in [-0.39, 0.29) is 27.9 Å². The van der Waals surface area contributed by atoms with Gasteiger partial charge >= 0.3 is 0 Å². The minimum Gasteiger partial charge on any atom is -0.459 e. The van der Waals surface area contributed by atoms with Crippen LogP contribution >= 0.6 is 0 Å². The van der Waals surface area contributed by atoms with Crippen LogP contribution in [0.2, 0.25) is 0 Å². The van der Waals surface area contributed by atoms with Gasteiger partial charge in [0.25, 0.3) is 11.6 Å². The lowest BCUT2D eigenvalue weighted by atomic mass is 10.2. The number of nitro benzene ring substituents is 1. The highest BCUT2D eigenvalue weighted by atomic mass is 32.2. The van der Waals surface area contributed by atoms with Crippen LogP contribution in [0.25, 0.3) is 0 Å². The number of nitrogens with zero attached hydrogens (tertiary/aromatic N) is 3. The van der Waals surface area contributed by atoms with Crippen molar-refractivity contribution >= 4 is 27.3 Å². The van der Waals surface area contributed by atoms with Crippen LogP contribution in [0.1, 0.15) is 10.6 Å². The van der Waals surface area contributed by atoms with Crippen LogP contribution < -0.4 is 10.0 Å². The highest BCUT2D eigenvalue weighted by molar-refractivity contribution is 7.89. The molecule has 1 amide bonds. The van der Waals surface area contributed by atoms with Crippen LogP contribution in [0.5, 0.6) is 0 Å². The lowest BCUT2D eigenvalue weighted by Crippen LogP contribution is -2.49.